The Hall–Kier alpha value is -2.27. The summed E-state index contributed by atoms with van der Waals surface area (Å²) in [4.78, 5) is 13.2. The van der Waals surface area contributed by atoms with Gasteiger partial charge in [-0.15, -0.1) is 0 Å². The predicted octanol–water partition coefficient (Wildman–Crippen LogP) is 2.70. The predicted molar refractivity (Wildman–Crippen MR) is 77.2 cm³/mol. The van der Waals surface area contributed by atoms with E-state index in [1.807, 2.05) is 31.2 Å². The van der Waals surface area contributed by atoms with Crippen LogP contribution in [0.3, 0.4) is 0 Å². The van der Waals surface area contributed by atoms with Gasteiger partial charge in [-0.05, 0) is 30.8 Å². The SMILES string of the molecule is CCNCc1nccc(-c2ccc3oc(C)nc3c2)n1. The molecule has 3 rings (SSSR count). The van der Waals surface area contributed by atoms with E-state index in [0.29, 0.717) is 12.4 Å². The Balaban J connectivity index is 1.97. The van der Waals surface area contributed by atoms with E-state index >= 15 is 0 Å². The molecule has 0 saturated carbocycles. The smallest absolute Gasteiger partial charge is 0.192 e. The number of fused-ring (bicyclic) bond motifs is 1. The van der Waals surface area contributed by atoms with Crippen molar-refractivity contribution in [2.45, 2.75) is 20.4 Å². The largest absolute Gasteiger partial charge is 0.441 e. The summed E-state index contributed by atoms with van der Waals surface area (Å²) in [6.07, 6.45) is 1.78. The Labute approximate surface area is 117 Å². The Bertz CT molecular complexity index is 736. The number of aromatic nitrogens is 3. The lowest BCUT2D eigenvalue weighted by Gasteiger charge is -2.04. The molecule has 0 amide bonds. The van der Waals surface area contributed by atoms with Crippen molar-refractivity contribution in [2.75, 3.05) is 6.54 Å². The van der Waals surface area contributed by atoms with Crippen LogP contribution >= 0.6 is 0 Å². The molecule has 0 fully saturated rings. The first kappa shape index (κ1) is 12.7. The maximum absolute atomic E-state index is 5.48. The third-order valence-corrected chi connectivity index (χ3v) is 3.03. The molecule has 0 aliphatic heterocycles. The monoisotopic (exact) mass is 268 g/mol. The maximum Gasteiger partial charge on any atom is 0.192 e. The van der Waals surface area contributed by atoms with Gasteiger partial charge in [-0.1, -0.05) is 6.92 Å². The number of benzene rings is 1. The van der Waals surface area contributed by atoms with E-state index in [-0.39, 0.29) is 0 Å². The molecule has 5 nitrogen and oxygen atoms in total. The van der Waals surface area contributed by atoms with E-state index in [0.717, 1.165) is 34.7 Å². The van der Waals surface area contributed by atoms with Crippen molar-refractivity contribution in [3.8, 4) is 11.3 Å². The van der Waals surface area contributed by atoms with E-state index in [4.69, 9.17) is 4.42 Å². The first-order valence-electron chi connectivity index (χ1n) is 6.66. The van der Waals surface area contributed by atoms with Crippen LogP contribution in [0, 0.1) is 6.92 Å². The van der Waals surface area contributed by atoms with Crippen LogP contribution in [-0.4, -0.2) is 21.5 Å². The van der Waals surface area contributed by atoms with Crippen LogP contribution in [0.2, 0.25) is 0 Å². The second-order valence-electron chi connectivity index (χ2n) is 4.55. The number of rotatable bonds is 4. The van der Waals surface area contributed by atoms with E-state index in [2.05, 4.69) is 27.2 Å². The number of oxazole rings is 1. The van der Waals surface area contributed by atoms with Gasteiger partial charge in [0.15, 0.2) is 11.5 Å². The van der Waals surface area contributed by atoms with Crippen molar-refractivity contribution in [2.24, 2.45) is 0 Å². The molecule has 20 heavy (non-hydrogen) atoms. The van der Waals surface area contributed by atoms with Crippen LogP contribution in [0.15, 0.2) is 34.9 Å². The molecule has 1 N–H and O–H groups in total. The first-order chi connectivity index (χ1) is 9.76. The highest BCUT2D eigenvalue weighted by Gasteiger charge is 2.06. The lowest BCUT2D eigenvalue weighted by Crippen LogP contribution is -2.14. The number of nitrogens with zero attached hydrogens (tertiary/aromatic N) is 3. The molecule has 0 unspecified atom stereocenters. The lowest BCUT2D eigenvalue weighted by atomic mass is 10.1. The minimum Gasteiger partial charge on any atom is -0.441 e. The molecule has 2 heterocycles. The molecular weight excluding hydrogens is 252 g/mol. The fourth-order valence-corrected chi connectivity index (χ4v) is 2.08. The molecule has 0 aliphatic rings. The molecular formula is C15H16N4O. The summed E-state index contributed by atoms with van der Waals surface area (Å²) >= 11 is 0. The normalized spacial score (nSPS) is 11.1. The summed E-state index contributed by atoms with van der Waals surface area (Å²) < 4.78 is 5.48. The lowest BCUT2D eigenvalue weighted by molar-refractivity contribution is 0.561. The standard InChI is InChI=1S/C15H16N4O/c1-3-16-9-15-17-7-6-12(19-15)11-4-5-14-13(8-11)18-10(2)20-14/h4-8,16H,3,9H2,1-2H3. The van der Waals surface area contributed by atoms with Gasteiger partial charge in [-0.3, -0.25) is 0 Å². The average Bonchev–Trinajstić information content (AvgIpc) is 2.84. The van der Waals surface area contributed by atoms with Gasteiger partial charge in [0.25, 0.3) is 0 Å². The molecule has 0 spiro atoms. The summed E-state index contributed by atoms with van der Waals surface area (Å²) in [7, 11) is 0. The number of aryl methyl sites for hydroxylation is 1. The molecule has 0 atom stereocenters. The highest BCUT2D eigenvalue weighted by molar-refractivity contribution is 5.79. The molecule has 102 valence electrons. The van der Waals surface area contributed by atoms with Gasteiger partial charge < -0.3 is 9.73 Å². The quantitative estimate of drug-likeness (QED) is 0.788. The van der Waals surface area contributed by atoms with Gasteiger partial charge in [-0.2, -0.15) is 0 Å². The minimum atomic E-state index is 0.674. The minimum absolute atomic E-state index is 0.674. The van der Waals surface area contributed by atoms with E-state index in [9.17, 15) is 0 Å². The van der Waals surface area contributed by atoms with Crippen molar-refractivity contribution < 1.29 is 4.42 Å². The third-order valence-electron chi connectivity index (χ3n) is 3.03. The molecule has 1 aromatic carbocycles. The Kier molecular flexibility index (Phi) is 3.43. The zero-order valence-corrected chi connectivity index (χ0v) is 11.6. The maximum atomic E-state index is 5.48. The van der Waals surface area contributed by atoms with Crippen LogP contribution < -0.4 is 5.32 Å². The van der Waals surface area contributed by atoms with Crippen LogP contribution in [-0.2, 0) is 6.54 Å². The number of hydrogen-bond donors (Lipinski definition) is 1. The average molecular weight is 268 g/mol. The van der Waals surface area contributed by atoms with Crippen LogP contribution in [0.1, 0.15) is 18.6 Å². The Morgan fingerprint density at radius 1 is 1.20 bits per heavy atom. The zero-order chi connectivity index (χ0) is 13.9. The van der Waals surface area contributed by atoms with Crippen molar-refractivity contribution >= 4 is 11.1 Å². The number of nitrogens with one attached hydrogen (secondary N) is 1. The third kappa shape index (κ3) is 2.53. The fourth-order valence-electron chi connectivity index (χ4n) is 2.08. The fraction of sp³-hybridized carbons (Fsp3) is 0.267. The van der Waals surface area contributed by atoms with Gasteiger partial charge in [0, 0.05) is 18.7 Å². The zero-order valence-electron chi connectivity index (χ0n) is 11.6. The van der Waals surface area contributed by atoms with Crippen molar-refractivity contribution in [1.29, 1.82) is 0 Å². The van der Waals surface area contributed by atoms with Crippen LogP contribution in [0.25, 0.3) is 22.4 Å². The molecule has 0 bridgehead atoms. The Morgan fingerprint density at radius 2 is 2.10 bits per heavy atom. The molecule has 0 radical (unpaired) electrons. The van der Waals surface area contributed by atoms with E-state index < -0.39 is 0 Å². The second-order valence-corrected chi connectivity index (χ2v) is 4.55. The summed E-state index contributed by atoms with van der Waals surface area (Å²) in [5.74, 6) is 1.47. The summed E-state index contributed by atoms with van der Waals surface area (Å²) in [5, 5.41) is 3.22. The first-order valence-corrected chi connectivity index (χ1v) is 6.66. The molecule has 2 aromatic heterocycles. The van der Waals surface area contributed by atoms with Gasteiger partial charge in [0.2, 0.25) is 0 Å². The number of hydrogen-bond acceptors (Lipinski definition) is 5. The molecule has 5 heteroatoms. The summed E-state index contributed by atoms with van der Waals surface area (Å²) in [5.41, 5.74) is 3.57. The van der Waals surface area contributed by atoms with E-state index in [1.54, 1.807) is 6.20 Å². The highest BCUT2D eigenvalue weighted by Crippen LogP contribution is 2.23. The molecule has 0 saturated heterocycles. The van der Waals surface area contributed by atoms with Gasteiger partial charge >= 0.3 is 0 Å². The molecule has 0 aliphatic carbocycles. The molecule has 3 aromatic rings. The summed E-state index contributed by atoms with van der Waals surface area (Å²) in [6, 6.07) is 7.82. The van der Waals surface area contributed by atoms with Crippen molar-refractivity contribution in [3.05, 3.63) is 42.2 Å². The van der Waals surface area contributed by atoms with E-state index in [1.165, 1.54) is 0 Å². The summed E-state index contributed by atoms with van der Waals surface area (Å²) in [6.45, 7) is 5.48. The van der Waals surface area contributed by atoms with Crippen molar-refractivity contribution in [3.63, 3.8) is 0 Å². The Morgan fingerprint density at radius 3 is 2.95 bits per heavy atom. The van der Waals surface area contributed by atoms with Crippen LogP contribution in [0.4, 0.5) is 0 Å². The van der Waals surface area contributed by atoms with Gasteiger partial charge in [0.1, 0.15) is 11.3 Å². The van der Waals surface area contributed by atoms with Crippen LogP contribution in [0.5, 0.6) is 0 Å². The highest BCUT2D eigenvalue weighted by atomic mass is 16.3. The topological polar surface area (TPSA) is 63.8 Å². The van der Waals surface area contributed by atoms with Crippen molar-refractivity contribution in [1.82, 2.24) is 20.3 Å². The van der Waals surface area contributed by atoms with Gasteiger partial charge in [-0.25, -0.2) is 15.0 Å². The van der Waals surface area contributed by atoms with Gasteiger partial charge in [0.05, 0.1) is 12.2 Å². The second kappa shape index (κ2) is 5.38.